The van der Waals surface area contributed by atoms with Crippen molar-refractivity contribution in [2.75, 3.05) is 27.4 Å². The first-order valence-electron chi connectivity index (χ1n) is 12.8. The molecule has 0 saturated heterocycles. The molecule has 1 aliphatic carbocycles. The molecule has 2 aromatic rings. The Kier molecular flexibility index (Phi) is 8.28. The minimum absolute atomic E-state index is 0.0831. The highest BCUT2D eigenvalue weighted by Gasteiger charge is 2.49. The first-order valence-corrected chi connectivity index (χ1v) is 12.8. The molecule has 3 unspecified atom stereocenters. The molecule has 0 radical (unpaired) electrons. The van der Waals surface area contributed by atoms with Crippen LogP contribution in [0.1, 0.15) is 50.2 Å². The summed E-state index contributed by atoms with van der Waals surface area (Å²) < 4.78 is 21.4. The van der Waals surface area contributed by atoms with E-state index in [9.17, 15) is 19.5 Å². The van der Waals surface area contributed by atoms with E-state index in [2.05, 4.69) is 5.32 Å². The predicted molar refractivity (Wildman–Crippen MR) is 142 cm³/mol. The van der Waals surface area contributed by atoms with E-state index in [-0.39, 0.29) is 35.9 Å². The second-order valence-electron chi connectivity index (χ2n) is 9.32. The molecule has 0 fully saturated rings. The van der Waals surface area contributed by atoms with Crippen molar-refractivity contribution in [3.63, 3.8) is 0 Å². The maximum atomic E-state index is 14.4. The number of aromatic hydroxyl groups is 1. The van der Waals surface area contributed by atoms with Crippen molar-refractivity contribution < 1.29 is 38.4 Å². The number of phenolic OH excluding ortho intramolecular Hbond substituents is 1. The minimum atomic E-state index is -1.14. The zero-order valence-corrected chi connectivity index (χ0v) is 22.7. The van der Waals surface area contributed by atoms with Gasteiger partial charge in [-0.2, -0.15) is 0 Å². The van der Waals surface area contributed by atoms with Crippen molar-refractivity contribution in [2.24, 2.45) is 5.92 Å². The molecule has 0 spiro atoms. The molecule has 2 aliphatic rings. The number of methoxy groups -OCH3 is 2. The van der Waals surface area contributed by atoms with Crippen LogP contribution < -0.4 is 14.8 Å². The van der Waals surface area contributed by atoms with Crippen molar-refractivity contribution in [1.82, 2.24) is 5.32 Å². The third-order valence-corrected chi connectivity index (χ3v) is 7.11. The summed E-state index contributed by atoms with van der Waals surface area (Å²) in [4.78, 5) is 40.9. The van der Waals surface area contributed by atoms with E-state index < -0.39 is 35.5 Å². The van der Waals surface area contributed by atoms with E-state index in [1.54, 1.807) is 46.1 Å². The van der Waals surface area contributed by atoms with Crippen LogP contribution in [0.5, 0.6) is 17.2 Å². The Morgan fingerprint density at radius 1 is 1.00 bits per heavy atom. The first kappa shape index (κ1) is 27.8. The maximum Gasteiger partial charge on any atom is 0.336 e. The van der Waals surface area contributed by atoms with Crippen molar-refractivity contribution in [3.05, 3.63) is 76.1 Å². The average molecular weight is 536 g/mol. The van der Waals surface area contributed by atoms with E-state index in [1.165, 1.54) is 13.2 Å². The fraction of sp³-hybridized carbons (Fsp3) is 0.367. The van der Waals surface area contributed by atoms with Gasteiger partial charge in [0.05, 0.1) is 33.0 Å². The standard InChI is InChI=1S/C30H33NO8/c1-6-38-29(34)24-16(3)31-21-15-20(17-9-8-10-19(13-17)36-4)26(30(35)39-7-2)28(33)27(21)25(24)18-11-12-22(32)23(14-18)37-5/h8-14,20,25-26,31-32H,6-7,15H2,1-5H3. The van der Waals surface area contributed by atoms with Crippen LogP contribution in [0.25, 0.3) is 0 Å². The number of allylic oxidation sites excluding steroid dienone is 3. The third kappa shape index (κ3) is 5.21. The summed E-state index contributed by atoms with van der Waals surface area (Å²) in [5.74, 6) is -3.46. The Bertz CT molecular complexity index is 1360. The van der Waals surface area contributed by atoms with Crippen molar-refractivity contribution in [1.29, 1.82) is 0 Å². The van der Waals surface area contributed by atoms with Gasteiger partial charge >= 0.3 is 11.9 Å². The number of benzene rings is 2. The van der Waals surface area contributed by atoms with Gasteiger partial charge in [-0.25, -0.2) is 4.79 Å². The number of rotatable bonds is 8. The van der Waals surface area contributed by atoms with E-state index >= 15 is 0 Å². The van der Waals surface area contributed by atoms with Gasteiger partial charge in [0.2, 0.25) is 0 Å². The van der Waals surface area contributed by atoms with Gasteiger partial charge in [0.15, 0.2) is 17.3 Å². The number of carbonyl (C=O) groups is 3. The van der Waals surface area contributed by atoms with Crippen molar-refractivity contribution in [3.8, 4) is 17.2 Å². The maximum absolute atomic E-state index is 14.4. The van der Waals surface area contributed by atoms with Crippen molar-refractivity contribution >= 4 is 17.7 Å². The van der Waals surface area contributed by atoms with Crippen LogP contribution in [0.4, 0.5) is 0 Å². The number of phenols is 1. The smallest absolute Gasteiger partial charge is 0.336 e. The van der Waals surface area contributed by atoms with Gasteiger partial charge in [-0.3, -0.25) is 9.59 Å². The summed E-state index contributed by atoms with van der Waals surface area (Å²) in [6.07, 6.45) is 0.316. The molecule has 0 amide bonds. The van der Waals surface area contributed by atoms with E-state index in [1.807, 2.05) is 18.2 Å². The van der Waals surface area contributed by atoms with Crippen LogP contribution in [0, 0.1) is 5.92 Å². The molecular formula is C30H33NO8. The number of nitrogens with one attached hydrogen (secondary N) is 1. The Balaban J connectivity index is 1.93. The average Bonchev–Trinajstić information content (AvgIpc) is 2.92. The van der Waals surface area contributed by atoms with Gasteiger partial charge in [0.1, 0.15) is 11.7 Å². The Morgan fingerprint density at radius 2 is 1.74 bits per heavy atom. The van der Waals surface area contributed by atoms with Gasteiger partial charge in [0.25, 0.3) is 0 Å². The summed E-state index contributed by atoms with van der Waals surface area (Å²) in [5, 5.41) is 13.5. The minimum Gasteiger partial charge on any atom is -0.504 e. The summed E-state index contributed by atoms with van der Waals surface area (Å²) in [7, 11) is 2.97. The van der Waals surface area contributed by atoms with E-state index in [0.29, 0.717) is 29.1 Å². The SMILES string of the molecule is CCOC(=O)C1=C(C)NC2=C(C(=O)C(C(=O)OCC)C(c3cccc(OC)c3)C2)C1c1ccc(O)c(OC)c1. The molecule has 9 nitrogen and oxygen atoms in total. The van der Waals surface area contributed by atoms with E-state index in [0.717, 1.165) is 5.56 Å². The lowest BCUT2D eigenvalue weighted by Gasteiger charge is -2.39. The lowest BCUT2D eigenvalue weighted by Crippen LogP contribution is -2.43. The number of esters is 2. The molecule has 206 valence electrons. The molecule has 2 aromatic carbocycles. The Labute approximate surface area is 227 Å². The van der Waals surface area contributed by atoms with Gasteiger partial charge < -0.3 is 29.4 Å². The van der Waals surface area contributed by atoms with Gasteiger partial charge in [-0.05, 0) is 62.6 Å². The summed E-state index contributed by atoms with van der Waals surface area (Å²) in [6, 6.07) is 11.9. The van der Waals surface area contributed by atoms with Gasteiger partial charge in [0, 0.05) is 28.8 Å². The molecule has 1 heterocycles. The number of dihydropyridines is 1. The van der Waals surface area contributed by atoms with Crippen LogP contribution in [-0.4, -0.2) is 50.3 Å². The van der Waals surface area contributed by atoms with Gasteiger partial charge in [-0.1, -0.05) is 18.2 Å². The number of ketones is 1. The number of hydrogen-bond donors (Lipinski definition) is 2. The topological polar surface area (TPSA) is 120 Å². The summed E-state index contributed by atoms with van der Waals surface area (Å²) in [5.41, 5.74) is 2.98. The third-order valence-electron chi connectivity index (χ3n) is 7.11. The molecule has 0 bridgehead atoms. The molecule has 1 aliphatic heterocycles. The van der Waals surface area contributed by atoms with Crippen LogP contribution in [0.15, 0.2) is 65.0 Å². The number of ether oxygens (including phenoxy) is 4. The first-order chi connectivity index (χ1) is 18.7. The second kappa shape index (κ2) is 11.6. The second-order valence-corrected chi connectivity index (χ2v) is 9.32. The Morgan fingerprint density at radius 3 is 2.41 bits per heavy atom. The summed E-state index contributed by atoms with van der Waals surface area (Å²) >= 11 is 0. The highest BCUT2D eigenvalue weighted by molar-refractivity contribution is 6.13. The molecular weight excluding hydrogens is 502 g/mol. The number of hydrogen-bond acceptors (Lipinski definition) is 9. The zero-order valence-electron chi connectivity index (χ0n) is 22.7. The molecule has 4 rings (SSSR count). The lowest BCUT2D eigenvalue weighted by atomic mass is 9.67. The lowest BCUT2D eigenvalue weighted by molar-refractivity contribution is -0.152. The quantitative estimate of drug-likeness (QED) is 0.380. The normalized spacial score (nSPS) is 20.6. The summed E-state index contributed by atoms with van der Waals surface area (Å²) in [6.45, 7) is 5.40. The predicted octanol–water partition coefficient (Wildman–Crippen LogP) is 4.12. The van der Waals surface area contributed by atoms with Gasteiger partial charge in [-0.15, -0.1) is 0 Å². The Hall–Kier alpha value is -4.27. The molecule has 0 saturated carbocycles. The monoisotopic (exact) mass is 535 g/mol. The molecule has 0 aromatic heterocycles. The highest BCUT2D eigenvalue weighted by atomic mass is 16.5. The van der Waals surface area contributed by atoms with Crippen LogP contribution in [0.2, 0.25) is 0 Å². The van der Waals surface area contributed by atoms with Crippen molar-refractivity contribution in [2.45, 2.75) is 39.0 Å². The molecule has 39 heavy (non-hydrogen) atoms. The molecule has 3 atom stereocenters. The fourth-order valence-corrected chi connectivity index (χ4v) is 5.41. The number of carbonyl (C=O) groups excluding carboxylic acids is 3. The molecule has 2 N–H and O–H groups in total. The van der Waals surface area contributed by atoms with Crippen LogP contribution in [-0.2, 0) is 23.9 Å². The van der Waals surface area contributed by atoms with Crippen LogP contribution in [0.3, 0.4) is 0 Å². The largest absolute Gasteiger partial charge is 0.504 e. The van der Waals surface area contributed by atoms with E-state index in [4.69, 9.17) is 18.9 Å². The fourth-order valence-electron chi connectivity index (χ4n) is 5.41. The molecule has 9 heteroatoms. The van der Waals surface area contributed by atoms with Crippen LogP contribution >= 0.6 is 0 Å². The number of Topliss-reactive ketones (excluding diaryl/α,β-unsaturated/α-hetero) is 1. The highest BCUT2D eigenvalue weighted by Crippen LogP contribution is 2.49. The zero-order chi connectivity index (χ0) is 28.3.